The Kier molecular flexibility index (Phi) is 5.32. The molecule has 0 unspecified atom stereocenters. The zero-order valence-corrected chi connectivity index (χ0v) is 12.9. The molecule has 0 amide bonds. The molecule has 1 aliphatic heterocycles. The van der Waals surface area contributed by atoms with E-state index in [9.17, 15) is 26.7 Å². The van der Waals surface area contributed by atoms with Gasteiger partial charge in [-0.3, -0.25) is 4.90 Å². The second-order valence-corrected chi connectivity index (χ2v) is 5.50. The number of piperazine rings is 1. The third kappa shape index (κ3) is 4.14. The minimum atomic E-state index is -5.53. The first kappa shape index (κ1) is 18.4. The van der Waals surface area contributed by atoms with Crippen molar-refractivity contribution in [2.45, 2.75) is 12.1 Å². The van der Waals surface area contributed by atoms with Gasteiger partial charge < -0.3 is 9.64 Å². The highest BCUT2D eigenvalue weighted by Crippen LogP contribution is 2.36. The van der Waals surface area contributed by atoms with Gasteiger partial charge in [0.2, 0.25) is 0 Å². The maximum Gasteiger partial charge on any atom is 0.454 e. The van der Waals surface area contributed by atoms with Gasteiger partial charge in [-0.25, -0.2) is 4.79 Å². The monoisotopic (exact) mass is 352 g/mol. The van der Waals surface area contributed by atoms with Crippen molar-refractivity contribution in [1.82, 2.24) is 4.90 Å². The van der Waals surface area contributed by atoms with E-state index in [-0.39, 0.29) is 13.1 Å². The molecular formula is C15H17F5N2O2. The van der Waals surface area contributed by atoms with Crippen molar-refractivity contribution in [3.8, 4) is 0 Å². The van der Waals surface area contributed by atoms with E-state index >= 15 is 0 Å². The molecule has 9 heteroatoms. The van der Waals surface area contributed by atoms with Gasteiger partial charge in [0.15, 0.2) is 0 Å². The average Bonchev–Trinajstić information content (AvgIpc) is 2.53. The number of halogens is 5. The summed E-state index contributed by atoms with van der Waals surface area (Å²) in [6, 6.07) is 6.52. The number of benzene rings is 1. The number of esters is 1. The number of hydrogen-bond donors (Lipinski definition) is 0. The molecule has 2 rings (SSSR count). The van der Waals surface area contributed by atoms with Crippen molar-refractivity contribution >= 4 is 11.7 Å². The molecule has 1 fully saturated rings. The number of carbonyl (C=O) groups excluding carboxylic acids is 1. The summed E-state index contributed by atoms with van der Waals surface area (Å²) in [5, 5.41) is 0. The van der Waals surface area contributed by atoms with Crippen molar-refractivity contribution in [2.75, 3.05) is 44.7 Å². The summed E-state index contributed by atoms with van der Waals surface area (Å²) < 4.78 is 67.4. The number of hydrogen-bond acceptors (Lipinski definition) is 4. The second-order valence-electron chi connectivity index (χ2n) is 5.50. The maximum absolute atomic E-state index is 13.1. The molecule has 0 radical (unpaired) electrons. The van der Waals surface area contributed by atoms with Crippen LogP contribution < -0.4 is 4.90 Å². The van der Waals surface area contributed by atoms with Gasteiger partial charge in [-0.1, -0.05) is 0 Å². The predicted molar refractivity (Wildman–Crippen MR) is 77.4 cm³/mol. The first-order chi connectivity index (χ1) is 11.1. The topological polar surface area (TPSA) is 32.8 Å². The number of methoxy groups -OCH3 is 1. The van der Waals surface area contributed by atoms with E-state index in [1.54, 1.807) is 24.3 Å². The number of ether oxygens (including phenoxy) is 1. The molecule has 1 aromatic carbocycles. The summed E-state index contributed by atoms with van der Waals surface area (Å²) in [4.78, 5) is 14.3. The van der Waals surface area contributed by atoms with Crippen LogP contribution in [0.5, 0.6) is 0 Å². The van der Waals surface area contributed by atoms with Crippen LogP contribution in [0.2, 0.25) is 0 Å². The molecule has 24 heavy (non-hydrogen) atoms. The number of nitrogens with zero attached hydrogens (tertiary/aromatic N) is 2. The van der Waals surface area contributed by atoms with Gasteiger partial charge in [-0.15, -0.1) is 0 Å². The zero-order chi connectivity index (χ0) is 18.0. The fraction of sp³-hybridized carbons (Fsp3) is 0.533. The summed E-state index contributed by atoms with van der Waals surface area (Å²) in [7, 11) is 1.27. The summed E-state index contributed by atoms with van der Waals surface area (Å²) in [5.74, 6) is -5.18. The fourth-order valence-electron chi connectivity index (χ4n) is 2.46. The third-order valence-corrected chi connectivity index (χ3v) is 3.86. The minimum Gasteiger partial charge on any atom is -0.465 e. The van der Waals surface area contributed by atoms with E-state index in [2.05, 4.69) is 4.74 Å². The fourth-order valence-corrected chi connectivity index (χ4v) is 2.46. The molecule has 0 aliphatic carbocycles. The van der Waals surface area contributed by atoms with Crippen LogP contribution in [0.1, 0.15) is 10.4 Å². The molecule has 0 N–H and O–H groups in total. The van der Waals surface area contributed by atoms with E-state index in [0.717, 1.165) is 10.6 Å². The van der Waals surface area contributed by atoms with Gasteiger partial charge in [0.25, 0.3) is 0 Å². The molecule has 0 spiro atoms. The lowest BCUT2D eigenvalue weighted by molar-refractivity contribution is -0.286. The van der Waals surface area contributed by atoms with Crippen LogP contribution in [0.25, 0.3) is 0 Å². The van der Waals surface area contributed by atoms with Crippen LogP contribution in [-0.4, -0.2) is 62.8 Å². The van der Waals surface area contributed by atoms with E-state index in [1.165, 1.54) is 7.11 Å². The Morgan fingerprint density at radius 1 is 1.04 bits per heavy atom. The lowest BCUT2D eigenvalue weighted by atomic mass is 10.1. The van der Waals surface area contributed by atoms with Crippen molar-refractivity contribution in [3.05, 3.63) is 29.8 Å². The molecule has 0 saturated carbocycles. The predicted octanol–water partition coefficient (Wildman–Crippen LogP) is 2.79. The molecular weight excluding hydrogens is 335 g/mol. The van der Waals surface area contributed by atoms with Gasteiger partial charge in [0, 0.05) is 31.9 Å². The van der Waals surface area contributed by atoms with Gasteiger partial charge in [0.1, 0.15) is 0 Å². The van der Waals surface area contributed by atoms with E-state index in [1.807, 2.05) is 4.90 Å². The number of alkyl halides is 5. The van der Waals surface area contributed by atoms with E-state index in [0.29, 0.717) is 18.7 Å². The molecule has 1 aliphatic rings. The zero-order valence-electron chi connectivity index (χ0n) is 12.9. The van der Waals surface area contributed by atoms with Crippen LogP contribution in [0.4, 0.5) is 27.6 Å². The van der Waals surface area contributed by atoms with Crippen LogP contribution in [0.15, 0.2) is 24.3 Å². The Balaban J connectivity index is 1.92. The normalized spacial score (nSPS) is 17.0. The van der Waals surface area contributed by atoms with Crippen molar-refractivity contribution in [2.24, 2.45) is 0 Å². The Hall–Kier alpha value is -1.90. The Morgan fingerprint density at radius 2 is 1.58 bits per heavy atom. The number of carbonyl (C=O) groups is 1. The highest BCUT2D eigenvalue weighted by molar-refractivity contribution is 5.89. The minimum absolute atomic E-state index is 0.102. The van der Waals surface area contributed by atoms with Crippen LogP contribution in [0, 0.1) is 0 Å². The number of anilines is 1. The molecule has 1 saturated heterocycles. The summed E-state index contributed by atoms with van der Waals surface area (Å²) in [5.41, 5.74) is 1.15. The third-order valence-electron chi connectivity index (χ3n) is 3.86. The van der Waals surface area contributed by atoms with Gasteiger partial charge in [-0.05, 0) is 24.3 Å². The molecule has 1 aromatic rings. The Labute approximate surface area is 135 Å². The van der Waals surface area contributed by atoms with E-state index < -0.39 is 24.6 Å². The maximum atomic E-state index is 13.1. The SMILES string of the molecule is COC(=O)c1ccc(N2CCN(CC(F)(F)C(F)(F)F)CC2)cc1. The molecule has 0 aromatic heterocycles. The molecule has 4 nitrogen and oxygen atoms in total. The highest BCUT2D eigenvalue weighted by Gasteiger charge is 2.58. The average molecular weight is 352 g/mol. The lowest BCUT2D eigenvalue weighted by Crippen LogP contribution is -2.53. The second kappa shape index (κ2) is 6.92. The van der Waals surface area contributed by atoms with Crippen LogP contribution in [0.3, 0.4) is 0 Å². The van der Waals surface area contributed by atoms with E-state index in [4.69, 9.17) is 0 Å². The standard InChI is InChI=1S/C15H17F5N2O2/c1-24-13(23)11-2-4-12(5-3-11)22-8-6-21(7-9-22)10-14(16,17)15(18,19)20/h2-5H,6-10H2,1H3. The van der Waals surface area contributed by atoms with Crippen LogP contribution in [-0.2, 0) is 4.74 Å². The number of rotatable bonds is 4. The molecule has 0 bridgehead atoms. The Bertz CT molecular complexity index is 566. The van der Waals surface area contributed by atoms with Gasteiger partial charge in [0.05, 0.1) is 19.2 Å². The molecule has 134 valence electrons. The largest absolute Gasteiger partial charge is 0.465 e. The first-order valence-corrected chi connectivity index (χ1v) is 7.24. The molecule has 1 heterocycles. The highest BCUT2D eigenvalue weighted by atomic mass is 19.4. The van der Waals surface area contributed by atoms with Gasteiger partial charge in [-0.2, -0.15) is 22.0 Å². The van der Waals surface area contributed by atoms with Crippen molar-refractivity contribution in [3.63, 3.8) is 0 Å². The summed E-state index contributed by atoms with van der Waals surface area (Å²) in [6.07, 6.45) is -5.53. The summed E-state index contributed by atoms with van der Waals surface area (Å²) >= 11 is 0. The quantitative estimate of drug-likeness (QED) is 0.616. The first-order valence-electron chi connectivity index (χ1n) is 7.24. The summed E-state index contributed by atoms with van der Waals surface area (Å²) in [6.45, 7) is -0.475. The van der Waals surface area contributed by atoms with Crippen molar-refractivity contribution in [1.29, 1.82) is 0 Å². The lowest BCUT2D eigenvalue weighted by Gasteiger charge is -2.37. The smallest absolute Gasteiger partial charge is 0.454 e. The van der Waals surface area contributed by atoms with Crippen molar-refractivity contribution < 1.29 is 31.5 Å². The molecule has 0 atom stereocenters. The van der Waals surface area contributed by atoms with Crippen LogP contribution >= 0.6 is 0 Å². The van der Waals surface area contributed by atoms with Gasteiger partial charge >= 0.3 is 18.1 Å². The Morgan fingerprint density at radius 3 is 2.04 bits per heavy atom.